The first-order valence-electron chi connectivity index (χ1n) is 5.54. The van der Waals surface area contributed by atoms with E-state index in [4.69, 9.17) is 16.7 Å². The van der Waals surface area contributed by atoms with E-state index in [-0.39, 0.29) is 23.6 Å². The number of benzene rings is 1. The molecule has 20 heavy (non-hydrogen) atoms. The first-order chi connectivity index (χ1) is 9.47. The molecule has 0 aliphatic rings. The fraction of sp³-hybridized carbons (Fsp3) is 0.182. The standard InChI is InChI=1S/C11H9ClN4O4/c12-9-5-8(2-3-10(9)16(19)20)15-6-7(13-14-15)1-4-11(17)18/h2-3,5-6H,1,4H2,(H,17,18). The first-order valence-corrected chi connectivity index (χ1v) is 5.92. The third-order valence-corrected chi connectivity index (χ3v) is 2.83. The molecule has 8 nitrogen and oxygen atoms in total. The largest absolute Gasteiger partial charge is 0.481 e. The Balaban J connectivity index is 2.22. The number of halogens is 1. The van der Waals surface area contributed by atoms with Crippen LogP contribution in [0, 0.1) is 10.1 Å². The van der Waals surface area contributed by atoms with Gasteiger partial charge in [0.15, 0.2) is 0 Å². The van der Waals surface area contributed by atoms with Gasteiger partial charge in [-0.2, -0.15) is 0 Å². The maximum Gasteiger partial charge on any atom is 0.303 e. The van der Waals surface area contributed by atoms with Crippen LogP contribution in [0.1, 0.15) is 12.1 Å². The molecule has 0 bridgehead atoms. The second kappa shape index (κ2) is 5.66. The van der Waals surface area contributed by atoms with Gasteiger partial charge in [0.2, 0.25) is 0 Å². The minimum absolute atomic E-state index is 0.00455. The van der Waals surface area contributed by atoms with Crippen LogP contribution in [0.25, 0.3) is 5.69 Å². The summed E-state index contributed by atoms with van der Waals surface area (Å²) in [4.78, 5) is 20.5. The summed E-state index contributed by atoms with van der Waals surface area (Å²) in [5.41, 5.74) is 0.832. The van der Waals surface area contributed by atoms with Gasteiger partial charge in [-0.05, 0) is 12.1 Å². The van der Waals surface area contributed by atoms with Gasteiger partial charge in [0.05, 0.1) is 28.9 Å². The molecule has 0 spiro atoms. The average molecular weight is 297 g/mol. The lowest BCUT2D eigenvalue weighted by molar-refractivity contribution is -0.384. The fourth-order valence-corrected chi connectivity index (χ4v) is 1.80. The van der Waals surface area contributed by atoms with Crippen molar-refractivity contribution in [3.63, 3.8) is 0 Å². The number of carboxylic acids is 1. The maximum absolute atomic E-state index is 10.7. The number of aromatic nitrogens is 3. The van der Waals surface area contributed by atoms with Crippen LogP contribution in [-0.2, 0) is 11.2 Å². The van der Waals surface area contributed by atoms with Gasteiger partial charge in [-0.3, -0.25) is 14.9 Å². The Kier molecular flexibility index (Phi) is 3.94. The number of carbonyl (C=O) groups is 1. The molecule has 0 fully saturated rings. The summed E-state index contributed by atoms with van der Waals surface area (Å²) in [7, 11) is 0. The van der Waals surface area contributed by atoms with Gasteiger partial charge in [-0.1, -0.05) is 16.8 Å². The van der Waals surface area contributed by atoms with Gasteiger partial charge in [-0.25, -0.2) is 4.68 Å². The van der Waals surface area contributed by atoms with Crippen molar-refractivity contribution >= 4 is 23.3 Å². The number of nitrogens with zero attached hydrogens (tertiary/aromatic N) is 4. The fourth-order valence-electron chi connectivity index (χ4n) is 1.56. The predicted molar refractivity (Wildman–Crippen MR) is 69.0 cm³/mol. The SMILES string of the molecule is O=C(O)CCc1cn(-c2ccc([N+](=O)[O-])c(Cl)c2)nn1. The summed E-state index contributed by atoms with van der Waals surface area (Å²) < 4.78 is 1.38. The van der Waals surface area contributed by atoms with Gasteiger partial charge >= 0.3 is 5.97 Å². The molecule has 2 aromatic rings. The molecule has 2 rings (SSSR count). The number of hydrogen-bond acceptors (Lipinski definition) is 5. The van der Waals surface area contributed by atoms with Crippen molar-refractivity contribution in [2.45, 2.75) is 12.8 Å². The summed E-state index contributed by atoms with van der Waals surface area (Å²) in [6, 6.07) is 4.16. The van der Waals surface area contributed by atoms with E-state index < -0.39 is 10.9 Å². The van der Waals surface area contributed by atoms with Crippen LogP contribution in [0.4, 0.5) is 5.69 Å². The molecule has 0 unspecified atom stereocenters. The van der Waals surface area contributed by atoms with E-state index in [9.17, 15) is 14.9 Å². The molecule has 9 heteroatoms. The van der Waals surface area contributed by atoms with E-state index in [0.29, 0.717) is 11.4 Å². The average Bonchev–Trinajstić information content (AvgIpc) is 2.84. The molecule has 0 radical (unpaired) electrons. The summed E-state index contributed by atoms with van der Waals surface area (Å²) in [6.45, 7) is 0. The minimum atomic E-state index is -0.919. The molecule has 1 aromatic heterocycles. The third kappa shape index (κ3) is 3.09. The smallest absolute Gasteiger partial charge is 0.303 e. The van der Waals surface area contributed by atoms with Crippen molar-refractivity contribution in [2.24, 2.45) is 0 Å². The number of rotatable bonds is 5. The van der Waals surface area contributed by atoms with Gasteiger partial charge in [0, 0.05) is 12.5 Å². The van der Waals surface area contributed by atoms with Crippen LogP contribution in [0.5, 0.6) is 0 Å². The zero-order valence-electron chi connectivity index (χ0n) is 10.1. The van der Waals surface area contributed by atoms with E-state index in [1.807, 2.05) is 0 Å². The molecule has 0 atom stereocenters. The molecule has 104 valence electrons. The highest BCUT2D eigenvalue weighted by molar-refractivity contribution is 6.32. The van der Waals surface area contributed by atoms with Gasteiger partial charge in [0.1, 0.15) is 5.02 Å². The van der Waals surface area contributed by atoms with Crippen molar-refractivity contribution in [2.75, 3.05) is 0 Å². The van der Waals surface area contributed by atoms with Crippen molar-refractivity contribution < 1.29 is 14.8 Å². The van der Waals surface area contributed by atoms with Crippen LogP contribution in [-0.4, -0.2) is 31.0 Å². The lowest BCUT2D eigenvalue weighted by atomic mass is 10.2. The van der Waals surface area contributed by atoms with Crippen LogP contribution in [0.2, 0.25) is 5.02 Å². The molecule has 0 aliphatic carbocycles. The first kappa shape index (κ1) is 13.9. The highest BCUT2D eigenvalue weighted by Gasteiger charge is 2.13. The summed E-state index contributed by atoms with van der Waals surface area (Å²) in [5.74, 6) is -0.919. The Labute approximate surface area is 117 Å². The lowest BCUT2D eigenvalue weighted by Crippen LogP contribution is -1.97. The molecule has 1 N–H and O–H groups in total. The van der Waals surface area contributed by atoms with Gasteiger partial charge in [0.25, 0.3) is 5.69 Å². The monoisotopic (exact) mass is 296 g/mol. The zero-order valence-corrected chi connectivity index (χ0v) is 10.8. The van der Waals surface area contributed by atoms with E-state index in [0.717, 1.165) is 0 Å². The number of nitro groups is 1. The topological polar surface area (TPSA) is 111 Å². The molecule has 0 saturated carbocycles. The maximum atomic E-state index is 10.7. The second-order valence-corrected chi connectivity index (χ2v) is 4.35. The Morgan fingerprint density at radius 3 is 2.85 bits per heavy atom. The van der Waals surface area contributed by atoms with Crippen LogP contribution in [0.3, 0.4) is 0 Å². The molecule has 0 amide bonds. The van der Waals surface area contributed by atoms with E-state index in [2.05, 4.69) is 10.3 Å². The minimum Gasteiger partial charge on any atom is -0.481 e. The third-order valence-electron chi connectivity index (χ3n) is 2.53. The van der Waals surface area contributed by atoms with E-state index in [1.165, 1.54) is 22.9 Å². The highest BCUT2D eigenvalue weighted by Crippen LogP contribution is 2.26. The number of aliphatic carboxylic acids is 1. The lowest BCUT2D eigenvalue weighted by Gasteiger charge is -2.01. The molecular formula is C11H9ClN4O4. The van der Waals surface area contributed by atoms with Crippen molar-refractivity contribution in [3.05, 3.63) is 45.2 Å². The van der Waals surface area contributed by atoms with Gasteiger partial charge in [-0.15, -0.1) is 5.10 Å². The second-order valence-electron chi connectivity index (χ2n) is 3.94. The van der Waals surface area contributed by atoms with E-state index in [1.54, 1.807) is 6.20 Å². The number of nitro benzene ring substituents is 1. The molecule has 1 heterocycles. The summed E-state index contributed by atoms with van der Waals surface area (Å²) in [6.07, 6.45) is 1.77. The predicted octanol–water partition coefficient (Wildman–Crippen LogP) is 1.85. The van der Waals surface area contributed by atoms with Crippen LogP contribution in [0.15, 0.2) is 24.4 Å². The zero-order chi connectivity index (χ0) is 14.7. The van der Waals surface area contributed by atoms with Crippen LogP contribution >= 0.6 is 11.6 Å². The van der Waals surface area contributed by atoms with Crippen molar-refractivity contribution in [3.8, 4) is 5.69 Å². The molecule has 0 aliphatic heterocycles. The Hall–Kier alpha value is -2.48. The van der Waals surface area contributed by atoms with E-state index >= 15 is 0 Å². The Morgan fingerprint density at radius 2 is 2.25 bits per heavy atom. The van der Waals surface area contributed by atoms with Crippen LogP contribution < -0.4 is 0 Å². The molecule has 1 aromatic carbocycles. The van der Waals surface area contributed by atoms with Gasteiger partial charge < -0.3 is 5.11 Å². The van der Waals surface area contributed by atoms with Crippen molar-refractivity contribution in [1.82, 2.24) is 15.0 Å². The molecular weight excluding hydrogens is 288 g/mol. The number of hydrogen-bond donors (Lipinski definition) is 1. The summed E-state index contributed by atoms with van der Waals surface area (Å²) in [5, 5.41) is 26.9. The highest BCUT2D eigenvalue weighted by atomic mass is 35.5. The number of aryl methyl sites for hydroxylation is 1. The van der Waals surface area contributed by atoms with Crippen molar-refractivity contribution in [1.29, 1.82) is 0 Å². The molecule has 0 saturated heterocycles. The Bertz CT molecular complexity index is 670. The Morgan fingerprint density at radius 1 is 1.50 bits per heavy atom. The summed E-state index contributed by atoms with van der Waals surface area (Å²) >= 11 is 5.80. The number of carboxylic acid groups (broad SMARTS) is 1. The normalized spacial score (nSPS) is 10.4. The quantitative estimate of drug-likeness (QED) is 0.665.